The summed E-state index contributed by atoms with van der Waals surface area (Å²) < 4.78 is 47.7. The van der Waals surface area contributed by atoms with Gasteiger partial charge < -0.3 is 14.4 Å². The maximum Gasteiger partial charge on any atom is 0.416 e. The molecule has 1 heterocycles. The van der Waals surface area contributed by atoms with Crippen LogP contribution in [0.5, 0.6) is 0 Å². The highest BCUT2D eigenvalue weighted by Crippen LogP contribution is 2.30. The van der Waals surface area contributed by atoms with Crippen molar-refractivity contribution in [1.82, 2.24) is 10.1 Å². The van der Waals surface area contributed by atoms with Gasteiger partial charge >= 0.3 is 12.1 Å². The Kier molecular flexibility index (Phi) is 5.22. The standard InChI is InChI=1S/C18H13F3N2O4/c19-18(20,21)14-7-5-12(6-8-14)16-22-15(27-23-16)10-26-17(25)13-3-1-11(9-24)2-4-13/h1-8,24H,9-10H2. The number of esters is 1. The number of nitrogens with zero attached hydrogens (tertiary/aromatic N) is 2. The second kappa shape index (κ2) is 7.58. The molecular formula is C18H13F3N2O4. The van der Waals surface area contributed by atoms with Crippen LogP contribution < -0.4 is 0 Å². The maximum atomic E-state index is 12.6. The van der Waals surface area contributed by atoms with Gasteiger partial charge in [0.05, 0.1) is 17.7 Å². The topological polar surface area (TPSA) is 85.5 Å². The first kappa shape index (κ1) is 18.6. The van der Waals surface area contributed by atoms with Crippen molar-refractivity contribution in [3.63, 3.8) is 0 Å². The summed E-state index contributed by atoms with van der Waals surface area (Å²) in [4.78, 5) is 15.9. The highest BCUT2D eigenvalue weighted by atomic mass is 19.4. The molecule has 0 unspecified atom stereocenters. The lowest BCUT2D eigenvalue weighted by atomic mass is 10.1. The summed E-state index contributed by atoms with van der Waals surface area (Å²) >= 11 is 0. The Balaban J connectivity index is 1.63. The minimum atomic E-state index is -4.43. The average molecular weight is 378 g/mol. The third-order valence-electron chi connectivity index (χ3n) is 3.64. The summed E-state index contributed by atoms with van der Waals surface area (Å²) in [7, 11) is 0. The van der Waals surface area contributed by atoms with E-state index in [0.29, 0.717) is 11.1 Å². The number of aliphatic hydroxyl groups excluding tert-OH is 1. The number of hydrogen-bond donors (Lipinski definition) is 1. The van der Waals surface area contributed by atoms with Crippen LogP contribution in [0.4, 0.5) is 13.2 Å². The average Bonchev–Trinajstić information content (AvgIpc) is 3.14. The first-order valence-corrected chi connectivity index (χ1v) is 7.74. The van der Waals surface area contributed by atoms with E-state index in [1.165, 1.54) is 24.3 Å². The van der Waals surface area contributed by atoms with Crippen molar-refractivity contribution >= 4 is 5.97 Å². The summed E-state index contributed by atoms with van der Waals surface area (Å²) in [6.07, 6.45) is -4.43. The maximum absolute atomic E-state index is 12.6. The number of carbonyl (C=O) groups excluding carboxylic acids is 1. The summed E-state index contributed by atoms with van der Waals surface area (Å²) in [6, 6.07) is 10.5. The van der Waals surface area contributed by atoms with Crippen LogP contribution in [0.15, 0.2) is 53.1 Å². The predicted molar refractivity (Wildman–Crippen MR) is 86.2 cm³/mol. The van der Waals surface area contributed by atoms with Crippen LogP contribution in [0.25, 0.3) is 11.4 Å². The Bertz CT molecular complexity index is 919. The summed E-state index contributed by atoms with van der Waals surface area (Å²) in [5.41, 5.74) is 0.499. The van der Waals surface area contributed by atoms with Crippen molar-refractivity contribution in [3.05, 3.63) is 71.1 Å². The summed E-state index contributed by atoms with van der Waals surface area (Å²) in [6.45, 7) is -0.418. The van der Waals surface area contributed by atoms with E-state index in [-0.39, 0.29) is 30.5 Å². The van der Waals surface area contributed by atoms with Crippen molar-refractivity contribution in [2.75, 3.05) is 0 Å². The highest BCUT2D eigenvalue weighted by Gasteiger charge is 2.30. The molecule has 1 aromatic heterocycles. The van der Waals surface area contributed by atoms with Gasteiger partial charge in [-0.15, -0.1) is 0 Å². The number of aliphatic hydroxyl groups is 1. The molecule has 3 rings (SSSR count). The number of ether oxygens (including phenoxy) is 1. The number of hydrogen-bond acceptors (Lipinski definition) is 6. The molecule has 0 radical (unpaired) electrons. The quantitative estimate of drug-likeness (QED) is 0.683. The molecule has 0 aliphatic carbocycles. The monoisotopic (exact) mass is 378 g/mol. The molecular weight excluding hydrogens is 365 g/mol. The number of aromatic nitrogens is 2. The van der Waals surface area contributed by atoms with Gasteiger partial charge in [0.15, 0.2) is 6.61 Å². The molecule has 0 fully saturated rings. The fraction of sp³-hybridized carbons (Fsp3) is 0.167. The molecule has 0 saturated heterocycles. The van der Waals surface area contributed by atoms with Gasteiger partial charge in [-0.3, -0.25) is 0 Å². The summed E-state index contributed by atoms with van der Waals surface area (Å²) in [5.74, 6) is -0.527. The smallest absolute Gasteiger partial charge is 0.416 e. The summed E-state index contributed by atoms with van der Waals surface area (Å²) in [5, 5.41) is 12.6. The third kappa shape index (κ3) is 4.50. The normalized spacial score (nSPS) is 11.4. The Hall–Kier alpha value is -3.20. The van der Waals surface area contributed by atoms with Gasteiger partial charge in [-0.1, -0.05) is 29.4 Å². The second-order valence-electron chi connectivity index (χ2n) is 5.52. The molecule has 1 N–H and O–H groups in total. The third-order valence-corrected chi connectivity index (χ3v) is 3.64. The lowest BCUT2D eigenvalue weighted by molar-refractivity contribution is -0.137. The van der Waals surface area contributed by atoms with E-state index in [2.05, 4.69) is 10.1 Å². The molecule has 9 heteroatoms. The van der Waals surface area contributed by atoms with E-state index in [4.69, 9.17) is 14.4 Å². The van der Waals surface area contributed by atoms with Crippen LogP contribution in [-0.4, -0.2) is 21.2 Å². The Morgan fingerprint density at radius 2 is 1.74 bits per heavy atom. The molecule has 2 aromatic carbocycles. The first-order valence-electron chi connectivity index (χ1n) is 7.74. The molecule has 27 heavy (non-hydrogen) atoms. The van der Waals surface area contributed by atoms with Crippen LogP contribution in [0, 0.1) is 0 Å². The highest BCUT2D eigenvalue weighted by molar-refractivity contribution is 5.89. The van der Waals surface area contributed by atoms with Gasteiger partial charge in [-0.25, -0.2) is 4.79 Å². The fourth-order valence-electron chi connectivity index (χ4n) is 2.20. The molecule has 0 atom stereocenters. The molecule has 0 aliphatic rings. The van der Waals surface area contributed by atoms with E-state index in [0.717, 1.165) is 12.1 Å². The van der Waals surface area contributed by atoms with Crippen LogP contribution in [0.1, 0.15) is 27.4 Å². The lowest BCUT2D eigenvalue weighted by Gasteiger charge is -2.05. The molecule has 6 nitrogen and oxygen atoms in total. The molecule has 0 amide bonds. The molecule has 140 valence electrons. The molecule has 0 aliphatic heterocycles. The van der Waals surface area contributed by atoms with Gasteiger partial charge in [0, 0.05) is 5.56 Å². The number of benzene rings is 2. The minimum Gasteiger partial charge on any atom is -0.452 e. The zero-order valence-electron chi connectivity index (χ0n) is 13.7. The van der Waals surface area contributed by atoms with Crippen molar-refractivity contribution in [3.8, 4) is 11.4 Å². The van der Waals surface area contributed by atoms with E-state index < -0.39 is 17.7 Å². The lowest BCUT2D eigenvalue weighted by Crippen LogP contribution is -2.05. The van der Waals surface area contributed by atoms with E-state index in [1.807, 2.05) is 0 Å². The van der Waals surface area contributed by atoms with Crippen molar-refractivity contribution in [2.24, 2.45) is 0 Å². The van der Waals surface area contributed by atoms with Crippen LogP contribution >= 0.6 is 0 Å². The second-order valence-corrected chi connectivity index (χ2v) is 5.52. The number of alkyl halides is 3. The van der Waals surface area contributed by atoms with Gasteiger partial charge in [-0.2, -0.15) is 18.2 Å². The Morgan fingerprint density at radius 1 is 1.07 bits per heavy atom. The van der Waals surface area contributed by atoms with Gasteiger partial charge in [0.25, 0.3) is 5.89 Å². The van der Waals surface area contributed by atoms with Crippen LogP contribution in [-0.2, 0) is 24.1 Å². The van der Waals surface area contributed by atoms with Gasteiger partial charge in [0.2, 0.25) is 5.82 Å². The van der Waals surface area contributed by atoms with Gasteiger partial charge in [-0.05, 0) is 29.8 Å². The molecule has 0 spiro atoms. The fourth-order valence-corrected chi connectivity index (χ4v) is 2.20. The van der Waals surface area contributed by atoms with Crippen molar-refractivity contribution in [2.45, 2.75) is 19.4 Å². The molecule has 0 bridgehead atoms. The largest absolute Gasteiger partial charge is 0.452 e. The minimum absolute atomic E-state index is 0.00484. The van der Waals surface area contributed by atoms with Crippen LogP contribution in [0.2, 0.25) is 0 Å². The Labute approximate surface area is 151 Å². The zero-order chi connectivity index (χ0) is 19.4. The zero-order valence-corrected chi connectivity index (χ0v) is 13.7. The van der Waals surface area contributed by atoms with E-state index >= 15 is 0 Å². The number of rotatable bonds is 5. The molecule has 3 aromatic rings. The predicted octanol–water partition coefficient (Wildman–Crippen LogP) is 3.60. The number of carbonyl (C=O) groups is 1. The van der Waals surface area contributed by atoms with Crippen LogP contribution in [0.3, 0.4) is 0 Å². The Morgan fingerprint density at radius 3 is 2.33 bits per heavy atom. The van der Waals surface area contributed by atoms with E-state index in [1.54, 1.807) is 12.1 Å². The van der Waals surface area contributed by atoms with Gasteiger partial charge in [0.1, 0.15) is 0 Å². The molecule has 0 saturated carbocycles. The van der Waals surface area contributed by atoms with Crippen molar-refractivity contribution < 1.29 is 32.3 Å². The number of halogens is 3. The SMILES string of the molecule is O=C(OCc1nc(-c2ccc(C(F)(F)F)cc2)no1)c1ccc(CO)cc1. The van der Waals surface area contributed by atoms with Crippen molar-refractivity contribution in [1.29, 1.82) is 0 Å². The van der Waals surface area contributed by atoms with E-state index in [9.17, 15) is 18.0 Å². The first-order chi connectivity index (χ1) is 12.9.